The maximum absolute atomic E-state index is 12.7. The number of hydrogen-bond donors (Lipinski definition) is 1. The molecule has 1 aliphatic heterocycles. The molecule has 0 radical (unpaired) electrons. The number of hydrogen-bond acceptors (Lipinski definition) is 5. The third-order valence-corrected chi connectivity index (χ3v) is 5.57. The molecule has 2 N–H and O–H groups in total. The van der Waals surface area contributed by atoms with Gasteiger partial charge in [-0.3, -0.25) is 4.79 Å². The lowest BCUT2D eigenvalue weighted by Gasteiger charge is -2.23. The van der Waals surface area contributed by atoms with Gasteiger partial charge in [-0.1, -0.05) is 54.4 Å². The van der Waals surface area contributed by atoms with E-state index < -0.39 is 0 Å². The summed E-state index contributed by atoms with van der Waals surface area (Å²) in [7, 11) is 0. The summed E-state index contributed by atoms with van der Waals surface area (Å²) >= 11 is 1.37. The first-order valence-corrected chi connectivity index (χ1v) is 9.67. The molecule has 0 spiro atoms. The van der Waals surface area contributed by atoms with Crippen LogP contribution in [-0.2, 0) is 4.79 Å². The summed E-state index contributed by atoms with van der Waals surface area (Å²) in [6.07, 6.45) is 4.60. The number of aryl methyl sites for hydroxylation is 1. The molecule has 1 unspecified atom stereocenters. The largest absolute Gasteiger partial charge is 0.342 e. The third-order valence-electron chi connectivity index (χ3n) is 4.52. The van der Waals surface area contributed by atoms with Crippen molar-refractivity contribution >= 4 is 17.7 Å². The van der Waals surface area contributed by atoms with E-state index in [0.717, 1.165) is 31.5 Å². The third kappa shape index (κ3) is 4.15. The van der Waals surface area contributed by atoms with E-state index in [4.69, 9.17) is 5.84 Å². The molecule has 0 aliphatic carbocycles. The zero-order chi connectivity index (χ0) is 17.8. The molecule has 3 rings (SSSR count). The highest BCUT2D eigenvalue weighted by Crippen LogP contribution is 2.26. The predicted octanol–water partition coefficient (Wildman–Crippen LogP) is 2.85. The van der Waals surface area contributed by atoms with E-state index in [1.54, 1.807) is 0 Å². The number of aromatic nitrogens is 3. The Morgan fingerprint density at radius 2 is 1.76 bits per heavy atom. The SMILES string of the molecule is Cc1ccc(-c2nnc(SC(C)C(=O)N3CCCCCC3)n2N)cc1. The second-order valence-corrected chi connectivity index (χ2v) is 7.85. The van der Waals surface area contributed by atoms with Crippen LogP contribution in [0.2, 0.25) is 0 Å². The summed E-state index contributed by atoms with van der Waals surface area (Å²) in [5, 5.41) is 8.71. The van der Waals surface area contributed by atoms with Crippen molar-refractivity contribution in [2.75, 3.05) is 18.9 Å². The Morgan fingerprint density at radius 3 is 2.40 bits per heavy atom. The maximum atomic E-state index is 12.7. The first-order chi connectivity index (χ1) is 12.1. The van der Waals surface area contributed by atoms with Crippen molar-refractivity contribution in [3.63, 3.8) is 0 Å². The highest BCUT2D eigenvalue weighted by molar-refractivity contribution is 8.00. The molecule has 2 aromatic rings. The van der Waals surface area contributed by atoms with Gasteiger partial charge in [-0.2, -0.15) is 0 Å². The van der Waals surface area contributed by atoms with E-state index in [1.807, 2.05) is 43.0 Å². The Balaban J connectivity index is 1.70. The van der Waals surface area contributed by atoms with Crippen molar-refractivity contribution in [1.29, 1.82) is 0 Å². The van der Waals surface area contributed by atoms with Crippen LogP contribution in [0.25, 0.3) is 11.4 Å². The van der Waals surface area contributed by atoms with Crippen molar-refractivity contribution < 1.29 is 4.79 Å². The summed E-state index contributed by atoms with van der Waals surface area (Å²) in [5.41, 5.74) is 2.09. The number of nitrogen functional groups attached to an aromatic ring is 1. The zero-order valence-corrected chi connectivity index (χ0v) is 15.6. The zero-order valence-electron chi connectivity index (χ0n) is 14.8. The van der Waals surface area contributed by atoms with Crippen molar-refractivity contribution in [1.82, 2.24) is 19.8 Å². The first kappa shape index (κ1) is 17.8. The molecule has 1 aliphatic rings. The summed E-state index contributed by atoms with van der Waals surface area (Å²) in [5.74, 6) is 6.94. The van der Waals surface area contributed by atoms with Gasteiger partial charge < -0.3 is 10.7 Å². The minimum atomic E-state index is -0.226. The molecule has 0 saturated carbocycles. The van der Waals surface area contributed by atoms with Crippen LogP contribution in [0.3, 0.4) is 0 Å². The second-order valence-electron chi connectivity index (χ2n) is 6.54. The fourth-order valence-corrected chi connectivity index (χ4v) is 3.87. The van der Waals surface area contributed by atoms with E-state index in [0.29, 0.717) is 11.0 Å². The number of carbonyl (C=O) groups excluding carboxylic acids is 1. The average molecular weight is 359 g/mol. The van der Waals surface area contributed by atoms with E-state index in [9.17, 15) is 4.79 Å². The first-order valence-electron chi connectivity index (χ1n) is 8.79. The van der Waals surface area contributed by atoms with Crippen LogP contribution in [0.15, 0.2) is 29.4 Å². The van der Waals surface area contributed by atoms with Crippen LogP contribution >= 0.6 is 11.8 Å². The van der Waals surface area contributed by atoms with Gasteiger partial charge >= 0.3 is 0 Å². The Kier molecular flexibility index (Phi) is 5.63. The Hall–Kier alpha value is -2.02. The molecule has 1 atom stereocenters. The number of rotatable bonds is 4. The molecule has 6 nitrogen and oxygen atoms in total. The van der Waals surface area contributed by atoms with Crippen LogP contribution in [0.5, 0.6) is 0 Å². The average Bonchev–Trinajstić information content (AvgIpc) is 2.82. The maximum Gasteiger partial charge on any atom is 0.235 e. The van der Waals surface area contributed by atoms with E-state index in [1.165, 1.54) is 34.8 Å². The standard InChI is InChI=1S/C18H25N5OS/c1-13-7-9-15(10-8-13)16-20-21-18(23(16)19)25-14(2)17(24)22-11-5-3-4-6-12-22/h7-10,14H,3-6,11-12,19H2,1-2H3. The van der Waals surface area contributed by atoms with Gasteiger partial charge in [-0.05, 0) is 26.7 Å². The molecule has 0 bridgehead atoms. The van der Waals surface area contributed by atoms with Crippen LogP contribution in [0.1, 0.15) is 38.2 Å². The van der Waals surface area contributed by atoms with Gasteiger partial charge in [0.1, 0.15) is 0 Å². The Bertz CT molecular complexity index is 720. The fraction of sp³-hybridized carbons (Fsp3) is 0.500. The summed E-state index contributed by atoms with van der Waals surface area (Å²) in [6, 6.07) is 7.98. The lowest BCUT2D eigenvalue weighted by atomic mass is 10.1. The normalized spacial score (nSPS) is 16.5. The van der Waals surface area contributed by atoms with Gasteiger partial charge in [0.05, 0.1) is 5.25 Å². The number of thioether (sulfide) groups is 1. The van der Waals surface area contributed by atoms with Gasteiger partial charge in [0.2, 0.25) is 11.1 Å². The van der Waals surface area contributed by atoms with Crippen molar-refractivity contribution in [2.45, 2.75) is 49.9 Å². The monoisotopic (exact) mass is 359 g/mol. The van der Waals surface area contributed by atoms with Gasteiger partial charge in [0.15, 0.2) is 5.82 Å². The molecular formula is C18H25N5OS. The smallest absolute Gasteiger partial charge is 0.235 e. The topological polar surface area (TPSA) is 77.0 Å². The minimum absolute atomic E-state index is 0.159. The number of benzene rings is 1. The molecule has 25 heavy (non-hydrogen) atoms. The molecule has 7 heteroatoms. The highest BCUT2D eigenvalue weighted by atomic mass is 32.2. The van der Waals surface area contributed by atoms with Crippen LogP contribution in [0, 0.1) is 6.92 Å². The van der Waals surface area contributed by atoms with Crippen molar-refractivity contribution in [3.8, 4) is 11.4 Å². The summed E-state index contributed by atoms with van der Waals surface area (Å²) in [4.78, 5) is 14.7. The number of nitrogens with two attached hydrogens (primary N) is 1. The molecule has 1 fully saturated rings. The lowest BCUT2D eigenvalue weighted by molar-refractivity contribution is -0.130. The van der Waals surface area contributed by atoms with Crippen LogP contribution in [0.4, 0.5) is 0 Å². The van der Waals surface area contributed by atoms with Gasteiger partial charge in [-0.25, -0.2) is 4.68 Å². The van der Waals surface area contributed by atoms with Crippen molar-refractivity contribution in [2.24, 2.45) is 0 Å². The molecule has 2 heterocycles. The molecule has 1 saturated heterocycles. The Morgan fingerprint density at radius 1 is 1.12 bits per heavy atom. The van der Waals surface area contributed by atoms with E-state index in [-0.39, 0.29) is 11.2 Å². The van der Waals surface area contributed by atoms with Crippen molar-refractivity contribution in [3.05, 3.63) is 29.8 Å². The van der Waals surface area contributed by atoms with E-state index in [2.05, 4.69) is 10.2 Å². The minimum Gasteiger partial charge on any atom is -0.342 e. The number of likely N-dealkylation sites (tertiary alicyclic amines) is 1. The molecule has 1 aromatic heterocycles. The quantitative estimate of drug-likeness (QED) is 0.671. The molecule has 134 valence electrons. The Labute approximate surface area is 152 Å². The van der Waals surface area contributed by atoms with E-state index >= 15 is 0 Å². The number of carbonyl (C=O) groups is 1. The van der Waals surface area contributed by atoms with Gasteiger partial charge in [0.25, 0.3) is 0 Å². The number of nitrogens with zero attached hydrogens (tertiary/aromatic N) is 4. The molecular weight excluding hydrogens is 334 g/mol. The highest BCUT2D eigenvalue weighted by Gasteiger charge is 2.24. The number of amides is 1. The molecule has 1 amide bonds. The van der Waals surface area contributed by atoms with Gasteiger partial charge in [0, 0.05) is 18.7 Å². The predicted molar refractivity (Wildman–Crippen MR) is 101 cm³/mol. The van der Waals surface area contributed by atoms with Crippen LogP contribution < -0.4 is 5.84 Å². The summed E-state index contributed by atoms with van der Waals surface area (Å²) in [6.45, 7) is 5.66. The second kappa shape index (κ2) is 7.91. The fourth-order valence-electron chi connectivity index (χ4n) is 3.01. The van der Waals surface area contributed by atoms with Gasteiger partial charge in [-0.15, -0.1) is 10.2 Å². The van der Waals surface area contributed by atoms with Crippen LogP contribution in [-0.4, -0.2) is 44.0 Å². The summed E-state index contributed by atoms with van der Waals surface area (Å²) < 4.78 is 1.47. The molecule has 1 aromatic carbocycles. The lowest BCUT2D eigenvalue weighted by Crippen LogP contribution is -2.37.